The minimum Gasteiger partial charge on any atom is -0.352 e. The molecule has 0 radical (unpaired) electrons. The predicted octanol–water partition coefficient (Wildman–Crippen LogP) is 1.22. The quantitative estimate of drug-likeness (QED) is 0.859. The van der Waals surface area contributed by atoms with Crippen LogP contribution < -0.4 is 10.9 Å². The fraction of sp³-hybridized carbons (Fsp3) is 0.316. The average molecular weight is 341 g/mol. The second-order valence-corrected chi connectivity index (χ2v) is 6.10. The molecule has 0 atom stereocenters. The lowest BCUT2D eigenvalue weighted by Gasteiger charge is -2.12. The van der Waals surface area contributed by atoms with E-state index in [1.807, 2.05) is 31.2 Å². The summed E-state index contributed by atoms with van der Waals surface area (Å²) in [6, 6.07) is 10.8. The standard InChI is InChI=1S/C19H23N3O3/c1-14-6-4-5-7-15(14)10-11-20-19(25)16-8-9-17(23)22(12-16)13-18(24)21(2)3/h4-9,12H,10-11,13H2,1-3H3,(H,20,25). The number of aryl methyl sites for hydroxylation is 1. The van der Waals surface area contributed by atoms with Gasteiger partial charge in [-0.1, -0.05) is 24.3 Å². The highest BCUT2D eigenvalue weighted by atomic mass is 16.2. The molecule has 0 saturated heterocycles. The molecule has 0 bridgehead atoms. The normalized spacial score (nSPS) is 10.4. The number of aromatic nitrogens is 1. The van der Waals surface area contributed by atoms with Crippen molar-refractivity contribution in [2.24, 2.45) is 0 Å². The lowest BCUT2D eigenvalue weighted by molar-refractivity contribution is -0.129. The van der Waals surface area contributed by atoms with E-state index in [0.29, 0.717) is 12.1 Å². The van der Waals surface area contributed by atoms with E-state index in [0.717, 1.165) is 6.42 Å². The smallest absolute Gasteiger partial charge is 0.252 e. The van der Waals surface area contributed by atoms with Crippen molar-refractivity contribution in [2.45, 2.75) is 19.9 Å². The molecular formula is C19H23N3O3. The number of carbonyl (C=O) groups is 2. The Balaban J connectivity index is 2.01. The molecule has 0 aliphatic rings. The van der Waals surface area contributed by atoms with Crippen molar-refractivity contribution in [3.63, 3.8) is 0 Å². The van der Waals surface area contributed by atoms with Gasteiger partial charge in [0, 0.05) is 32.9 Å². The van der Waals surface area contributed by atoms with Crippen LogP contribution in [-0.2, 0) is 17.8 Å². The minimum absolute atomic E-state index is 0.0871. The number of nitrogens with one attached hydrogen (secondary N) is 1. The summed E-state index contributed by atoms with van der Waals surface area (Å²) in [5, 5.41) is 2.85. The first-order chi connectivity index (χ1) is 11.9. The Morgan fingerprint density at radius 3 is 2.52 bits per heavy atom. The van der Waals surface area contributed by atoms with E-state index in [-0.39, 0.29) is 23.9 Å². The molecule has 1 heterocycles. The van der Waals surface area contributed by atoms with Gasteiger partial charge in [0.15, 0.2) is 0 Å². The zero-order valence-electron chi connectivity index (χ0n) is 14.8. The summed E-state index contributed by atoms with van der Waals surface area (Å²) in [5.74, 6) is -0.473. The number of nitrogens with zero attached hydrogens (tertiary/aromatic N) is 2. The molecule has 0 aliphatic heterocycles. The van der Waals surface area contributed by atoms with Crippen LogP contribution in [-0.4, -0.2) is 41.9 Å². The molecule has 2 rings (SSSR count). The lowest BCUT2D eigenvalue weighted by Crippen LogP contribution is -2.32. The highest BCUT2D eigenvalue weighted by Crippen LogP contribution is 2.07. The number of amides is 2. The molecule has 1 aromatic carbocycles. The summed E-state index contributed by atoms with van der Waals surface area (Å²) in [5.41, 5.74) is 2.42. The summed E-state index contributed by atoms with van der Waals surface area (Å²) < 4.78 is 1.25. The van der Waals surface area contributed by atoms with Gasteiger partial charge < -0.3 is 14.8 Å². The summed E-state index contributed by atoms with van der Waals surface area (Å²) in [4.78, 5) is 37.3. The maximum Gasteiger partial charge on any atom is 0.252 e. The van der Waals surface area contributed by atoms with Gasteiger partial charge in [0.05, 0.1) is 5.56 Å². The number of carbonyl (C=O) groups excluding carboxylic acids is 2. The van der Waals surface area contributed by atoms with Crippen LogP contribution in [0.2, 0.25) is 0 Å². The van der Waals surface area contributed by atoms with E-state index >= 15 is 0 Å². The molecular weight excluding hydrogens is 318 g/mol. The van der Waals surface area contributed by atoms with E-state index in [9.17, 15) is 14.4 Å². The van der Waals surface area contributed by atoms with Crippen LogP contribution in [0, 0.1) is 6.92 Å². The zero-order valence-corrected chi connectivity index (χ0v) is 14.8. The van der Waals surface area contributed by atoms with Crippen LogP contribution >= 0.6 is 0 Å². The van der Waals surface area contributed by atoms with Crippen molar-refractivity contribution in [3.8, 4) is 0 Å². The molecule has 1 N–H and O–H groups in total. The van der Waals surface area contributed by atoms with Crippen molar-refractivity contribution in [1.82, 2.24) is 14.8 Å². The monoisotopic (exact) mass is 341 g/mol. The highest BCUT2D eigenvalue weighted by molar-refractivity contribution is 5.93. The van der Waals surface area contributed by atoms with Crippen molar-refractivity contribution in [1.29, 1.82) is 0 Å². The second-order valence-electron chi connectivity index (χ2n) is 6.10. The third-order valence-electron chi connectivity index (χ3n) is 3.99. The summed E-state index contributed by atoms with van der Waals surface area (Å²) in [7, 11) is 3.24. The molecule has 6 nitrogen and oxygen atoms in total. The maximum atomic E-state index is 12.3. The lowest BCUT2D eigenvalue weighted by atomic mass is 10.1. The van der Waals surface area contributed by atoms with E-state index in [1.54, 1.807) is 14.1 Å². The first-order valence-corrected chi connectivity index (χ1v) is 8.12. The molecule has 0 fully saturated rings. The van der Waals surface area contributed by atoms with Gasteiger partial charge in [0.25, 0.3) is 11.5 Å². The van der Waals surface area contributed by atoms with Gasteiger partial charge in [0.1, 0.15) is 6.54 Å². The molecule has 0 spiro atoms. The number of hydrogen-bond acceptors (Lipinski definition) is 3. The molecule has 0 unspecified atom stereocenters. The van der Waals surface area contributed by atoms with E-state index in [2.05, 4.69) is 5.32 Å². The zero-order chi connectivity index (χ0) is 18.4. The average Bonchev–Trinajstić information content (AvgIpc) is 2.58. The number of rotatable bonds is 6. The van der Waals surface area contributed by atoms with Gasteiger partial charge in [-0.25, -0.2) is 0 Å². The van der Waals surface area contributed by atoms with Gasteiger partial charge in [0.2, 0.25) is 5.91 Å². The molecule has 1 aromatic heterocycles. The molecule has 0 aliphatic carbocycles. The van der Waals surface area contributed by atoms with Crippen molar-refractivity contribution in [2.75, 3.05) is 20.6 Å². The summed E-state index contributed by atoms with van der Waals surface area (Å²) in [6.07, 6.45) is 2.16. The van der Waals surface area contributed by atoms with E-state index in [4.69, 9.17) is 0 Å². The molecule has 25 heavy (non-hydrogen) atoms. The Morgan fingerprint density at radius 2 is 1.84 bits per heavy atom. The van der Waals surface area contributed by atoms with Crippen LogP contribution in [0.4, 0.5) is 0 Å². The van der Waals surface area contributed by atoms with Gasteiger partial charge >= 0.3 is 0 Å². The maximum absolute atomic E-state index is 12.3. The van der Waals surface area contributed by atoms with Crippen LogP contribution in [0.15, 0.2) is 47.4 Å². The topological polar surface area (TPSA) is 71.4 Å². The molecule has 2 amide bonds. The van der Waals surface area contributed by atoms with Crippen molar-refractivity contribution >= 4 is 11.8 Å². The van der Waals surface area contributed by atoms with Crippen LogP contribution in [0.5, 0.6) is 0 Å². The molecule has 2 aromatic rings. The molecule has 6 heteroatoms. The van der Waals surface area contributed by atoms with Gasteiger partial charge in [-0.15, -0.1) is 0 Å². The van der Waals surface area contributed by atoms with Gasteiger partial charge in [-0.2, -0.15) is 0 Å². The van der Waals surface area contributed by atoms with Crippen LogP contribution in [0.3, 0.4) is 0 Å². The second kappa shape index (κ2) is 8.28. The molecule has 0 saturated carbocycles. The van der Waals surface area contributed by atoms with E-state index < -0.39 is 0 Å². The summed E-state index contributed by atoms with van der Waals surface area (Å²) in [6.45, 7) is 2.45. The minimum atomic E-state index is -0.313. The van der Waals surface area contributed by atoms with Crippen molar-refractivity contribution < 1.29 is 9.59 Å². The Kier molecular flexibility index (Phi) is 6.11. The Labute approximate surface area is 147 Å². The van der Waals surface area contributed by atoms with Crippen molar-refractivity contribution in [3.05, 3.63) is 69.6 Å². The fourth-order valence-electron chi connectivity index (χ4n) is 2.38. The highest BCUT2D eigenvalue weighted by Gasteiger charge is 2.11. The van der Waals surface area contributed by atoms with Crippen LogP contribution in [0.25, 0.3) is 0 Å². The number of benzene rings is 1. The fourth-order valence-corrected chi connectivity index (χ4v) is 2.38. The van der Waals surface area contributed by atoms with Gasteiger partial charge in [-0.05, 0) is 30.5 Å². The first-order valence-electron chi connectivity index (χ1n) is 8.12. The summed E-state index contributed by atoms with van der Waals surface area (Å²) >= 11 is 0. The number of hydrogen-bond donors (Lipinski definition) is 1. The van der Waals surface area contributed by atoms with Gasteiger partial charge in [-0.3, -0.25) is 14.4 Å². The SMILES string of the molecule is Cc1ccccc1CCNC(=O)c1ccc(=O)n(CC(=O)N(C)C)c1. The Bertz CT molecular complexity index is 825. The predicted molar refractivity (Wildman–Crippen MR) is 96.6 cm³/mol. The first kappa shape index (κ1) is 18.4. The van der Waals surface area contributed by atoms with Crippen LogP contribution in [0.1, 0.15) is 21.5 Å². The number of likely N-dealkylation sites (N-methyl/N-ethyl adjacent to an activating group) is 1. The Hall–Kier alpha value is -2.89. The molecule has 132 valence electrons. The largest absolute Gasteiger partial charge is 0.352 e. The van der Waals surface area contributed by atoms with E-state index in [1.165, 1.54) is 38.9 Å². The number of pyridine rings is 1. The third kappa shape index (κ3) is 5.04. The third-order valence-corrected chi connectivity index (χ3v) is 3.99. The Morgan fingerprint density at radius 1 is 1.12 bits per heavy atom.